The van der Waals surface area contributed by atoms with E-state index >= 15 is 0 Å². The van der Waals surface area contributed by atoms with E-state index in [1.54, 1.807) is 0 Å². The van der Waals surface area contributed by atoms with E-state index < -0.39 is 0 Å². The number of nitrogens with zero attached hydrogens (tertiary/aromatic N) is 1. The molecule has 0 aliphatic carbocycles. The first-order valence-corrected chi connectivity index (χ1v) is 9.85. The van der Waals surface area contributed by atoms with Crippen molar-refractivity contribution in [3.63, 3.8) is 0 Å². The van der Waals surface area contributed by atoms with Gasteiger partial charge in [-0.25, -0.2) is 0 Å². The number of hydrogen-bond acceptors (Lipinski definition) is 4. The molecule has 1 atom stereocenters. The molecule has 2 aliphatic rings. The SMILES string of the molecule is CC(CN1CCC2(CC1)OCCO2)c1cccc(C(=O)c2ccccc2)c1. The van der Waals surface area contributed by atoms with Crippen LogP contribution in [0.25, 0.3) is 0 Å². The van der Waals surface area contributed by atoms with E-state index in [1.807, 2.05) is 42.5 Å². The zero-order chi connectivity index (χ0) is 18.7. The highest BCUT2D eigenvalue weighted by Crippen LogP contribution is 2.32. The number of ketones is 1. The molecule has 2 saturated heterocycles. The molecule has 142 valence electrons. The monoisotopic (exact) mass is 365 g/mol. The molecular weight excluding hydrogens is 338 g/mol. The molecule has 2 aromatic carbocycles. The average Bonchev–Trinajstić information content (AvgIpc) is 3.18. The molecular formula is C23H27NO3. The Balaban J connectivity index is 1.39. The van der Waals surface area contributed by atoms with E-state index in [-0.39, 0.29) is 11.6 Å². The molecule has 1 unspecified atom stereocenters. The highest BCUT2D eigenvalue weighted by atomic mass is 16.7. The van der Waals surface area contributed by atoms with Crippen LogP contribution in [0.5, 0.6) is 0 Å². The predicted molar refractivity (Wildman–Crippen MR) is 105 cm³/mol. The van der Waals surface area contributed by atoms with E-state index in [9.17, 15) is 4.79 Å². The number of hydrogen-bond donors (Lipinski definition) is 0. The molecule has 2 aromatic rings. The van der Waals surface area contributed by atoms with Crippen LogP contribution in [0.15, 0.2) is 54.6 Å². The normalized spacial score (nSPS) is 20.6. The van der Waals surface area contributed by atoms with Gasteiger partial charge in [-0.1, -0.05) is 55.5 Å². The number of likely N-dealkylation sites (tertiary alicyclic amines) is 1. The van der Waals surface area contributed by atoms with Gasteiger partial charge in [-0.15, -0.1) is 0 Å². The van der Waals surface area contributed by atoms with Gasteiger partial charge in [-0.2, -0.15) is 0 Å². The molecule has 2 heterocycles. The lowest BCUT2D eigenvalue weighted by atomic mass is 9.94. The van der Waals surface area contributed by atoms with Crippen molar-refractivity contribution in [2.24, 2.45) is 0 Å². The molecule has 27 heavy (non-hydrogen) atoms. The fraction of sp³-hybridized carbons (Fsp3) is 0.435. The molecule has 0 radical (unpaired) electrons. The van der Waals surface area contributed by atoms with Crippen LogP contribution in [-0.2, 0) is 9.47 Å². The third-order valence-corrected chi connectivity index (χ3v) is 5.72. The van der Waals surface area contributed by atoms with Gasteiger partial charge in [0, 0.05) is 43.6 Å². The van der Waals surface area contributed by atoms with E-state index in [0.29, 0.717) is 5.92 Å². The zero-order valence-electron chi connectivity index (χ0n) is 15.9. The second-order valence-electron chi connectivity index (χ2n) is 7.63. The Morgan fingerprint density at radius 1 is 1.00 bits per heavy atom. The van der Waals surface area contributed by atoms with Crippen molar-refractivity contribution in [1.29, 1.82) is 0 Å². The second-order valence-corrected chi connectivity index (χ2v) is 7.63. The first-order chi connectivity index (χ1) is 13.2. The Morgan fingerprint density at radius 3 is 2.37 bits per heavy atom. The molecule has 2 fully saturated rings. The topological polar surface area (TPSA) is 38.8 Å². The third kappa shape index (κ3) is 4.13. The third-order valence-electron chi connectivity index (χ3n) is 5.72. The number of piperidine rings is 1. The number of benzene rings is 2. The summed E-state index contributed by atoms with van der Waals surface area (Å²) in [5.74, 6) is 0.134. The van der Waals surface area contributed by atoms with Crippen LogP contribution in [0.1, 0.15) is 47.2 Å². The summed E-state index contributed by atoms with van der Waals surface area (Å²) in [5.41, 5.74) is 2.71. The van der Waals surface area contributed by atoms with Crippen molar-refractivity contribution in [1.82, 2.24) is 4.90 Å². The highest BCUT2D eigenvalue weighted by molar-refractivity contribution is 6.09. The zero-order valence-corrected chi connectivity index (χ0v) is 15.9. The maximum atomic E-state index is 12.7. The molecule has 4 rings (SSSR count). The van der Waals surface area contributed by atoms with Crippen LogP contribution >= 0.6 is 0 Å². The lowest BCUT2D eigenvalue weighted by molar-refractivity contribution is -0.185. The number of carbonyl (C=O) groups excluding carboxylic acids is 1. The van der Waals surface area contributed by atoms with Crippen LogP contribution in [0, 0.1) is 0 Å². The van der Waals surface area contributed by atoms with Crippen molar-refractivity contribution < 1.29 is 14.3 Å². The molecule has 4 nitrogen and oxygen atoms in total. The molecule has 0 bridgehead atoms. The van der Waals surface area contributed by atoms with Crippen LogP contribution in [0.2, 0.25) is 0 Å². The van der Waals surface area contributed by atoms with Gasteiger partial charge < -0.3 is 14.4 Å². The van der Waals surface area contributed by atoms with Crippen LogP contribution in [0.4, 0.5) is 0 Å². The first kappa shape index (κ1) is 18.4. The summed E-state index contributed by atoms with van der Waals surface area (Å²) < 4.78 is 11.6. The standard InChI is InChI=1S/C23H27NO3/c1-18(17-24-12-10-23(11-13-24)26-14-15-27-23)20-8-5-9-21(16-20)22(25)19-6-3-2-4-7-19/h2-9,16,18H,10-15,17H2,1H3. The minimum Gasteiger partial charge on any atom is -0.347 e. The Hall–Kier alpha value is -2.01. The fourth-order valence-electron chi connectivity index (χ4n) is 4.10. The Labute approximate surface area is 161 Å². The maximum absolute atomic E-state index is 12.7. The molecule has 4 heteroatoms. The van der Waals surface area contributed by atoms with Crippen LogP contribution in [-0.4, -0.2) is 49.3 Å². The molecule has 0 N–H and O–H groups in total. The van der Waals surface area contributed by atoms with Crippen LogP contribution < -0.4 is 0 Å². The van der Waals surface area contributed by atoms with Gasteiger partial charge >= 0.3 is 0 Å². The summed E-state index contributed by atoms with van der Waals surface area (Å²) in [5, 5.41) is 0. The van der Waals surface area contributed by atoms with E-state index in [4.69, 9.17) is 9.47 Å². The van der Waals surface area contributed by atoms with Crippen molar-refractivity contribution in [2.45, 2.75) is 31.5 Å². The van der Waals surface area contributed by atoms with E-state index in [1.165, 1.54) is 5.56 Å². The minimum atomic E-state index is -0.318. The van der Waals surface area contributed by atoms with Gasteiger partial charge in [0.1, 0.15) is 0 Å². The Bertz CT molecular complexity index is 773. The maximum Gasteiger partial charge on any atom is 0.193 e. The molecule has 0 amide bonds. The van der Waals surface area contributed by atoms with Gasteiger partial charge in [0.25, 0.3) is 0 Å². The highest BCUT2D eigenvalue weighted by Gasteiger charge is 2.39. The summed E-state index contributed by atoms with van der Waals surface area (Å²) in [7, 11) is 0. The smallest absolute Gasteiger partial charge is 0.193 e. The number of ether oxygens (including phenoxy) is 2. The fourth-order valence-corrected chi connectivity index (χ4v) is 4.10. The van der Waals surface area contributed by atoms with E-state index in [0.717, 1.165) is 56.8 Å². The lowest BCUT2D eigenvalue weighted by Gasteiger charge is -2.38. The Kier molecular flexibility index (Phi) is 5.39. The van der Waals surface area contributed by atoms with E-state index in [2.05, 4.69) is 24.0 Å². The largest absolute Gasteiger partial charge is 0.347 e. The van der Waals surface area contributed by atoms with Crippen molar-refractivity contribution in [2.75, 3.05) is 32.8 Å². The number of carbonyl (C=O) groups is 1. The summed E-state index contributed by atoms with van der Waals surface area (Å²) in [6.07, 6.45) is 1.87. The predicted octanol–water partition coefficient (Wildman–Crippen LogP) is 3.86. The quantitative estimate of drug-likeness (QED) is 0.754. The first-order valence-electron chi connectivity index (χ1n) is 9.85. The van der Waals surface area contributed by atoms with Crippen molar-refractivity contribution >= 4 is 5.78 Å². The second kappa shape index (κ2) is 7.93. The van der Waals surface area contributed by atoms with Gasteiger partial charge in [0.2, 0.25) is 0 Å². The number of rotatable bonds is 5. The van der Waals surface area contributed by atoms with Gasteiger partial charge in [-0.3, -0.25) is 4.79 Å². The molecule has 2 aliphatic heterocycles. The average molecular weight is 365 g/mol. The van der Waals surface area contributed by atoms with Crippen molar-refractivity contribution in [3.8, 4) is 0 Å². The molecule has 0 saturated carbocycles. The van der Waals surface area contributed by atoms with Crippen molar-refractivity contribution in [3.05, 3.63) is 71.3 Å². The van der Waals surface area contributed by atoms with Gasteiger partial charge in [-0.05, 0) is 17.5 Å². The molecule has 0 aromatic heterocycles. The summed E-state index contributed by atoms with van der Waals surface area (Å²) in [4.78, 5) is 15.2. The van der Waals surface area contributed by atoms with Gasteiger partial charge in [0.05, 0.1) is 13.2 Å². The molecule has 1 spiro atoms. The summed E-state index contributed by atoms with van der Waals surface area (Å²) in [6.45, 7) is 6.65. The summed E-state index contributed by atoms with van der Waals surface area (Å²) >= 11 is 0. The van der Waals surface area contributed by atoms with Gasteiger partial charge in [0.15, 0.2) is 11.6 Å². The van der Waals surface area contributed by atoms with Crippen LogP contribution in [0.3, 0.4) is 0 Å². The summed E-state index contributed by atoms with van der Waals surface area (Å²) in [6, 6.07) is 17.6. The minimum absolute atomic E-state index is 0.0834. The lowest BCUT2D eigenvalue weighted by Crippen LogP contribution is -2.46. The Morgan fingerprint density at radius 2 is 1.67 bits per heavy atom.